The van der Waals surface area contributed by atoms with Gasteiger partial charge in [0.2, 0.25) is 0 Å². The Hall–Kier alpha value is -3.11. The number of anilines is 1. The number of benzene rings is 3. The molecule has 1 amide bonds. The second-order valence-electron chi connectivity index (χ2n) is 8.13. The zero-order valence-electron chi connectivity index (χ0n) is 17.1. The molecule has 0 radical (unpaired) electrons. The lowest BCUT2D eigenvalue weighted by molar-refractivity contribution is 0.0937. The fourth-order valence-electron chi connectivity index (χ4n) is 4.84. The Morgan fingerprint density at radius 1 is 1.10 bits per heavy atom. The number of rotatable bonds is 5. The van der Waals surface area contributed by atoms with E-state index in [9.17, 15) is 4.79 Å². The molecule has 0 saturated carbocycles. The van der Waals surface area contributed by atoms with Gasteiger partial charge in [0.1, 0.15) is 0 Å². The molecule has 2 N–H and O–H groups in total. The highest BCUT2D eigenvalue weighted by molar-refractivity contribution is 5.95. The van der Waals surface area contributed by atoms with Crippen molar-refractivity contribution in [2.24, 2.45) is 5.92 Å². The molecule has 0 aromatic heterocycles. The molecule has 5 rings (SSSR count). The van der Waals surface area contributed by atoms with E-state index in [-0.39, 0.29) is 11.9 Å². The molecule has 2 aliphatic rings. The lowest BCUT2D eigenvalue weighted by Crippen LogP contribution is -2.30. The van der Waals surface area contributed by atoms with Crippen molar-refractivity contribution < 1.29 is 9.53 Å². The maximum absolute atomic E-state index is 12.5. The van der Waals surface area contributed by atoms with Gasteiger partial charge in [-0.3, -0.25) is 4.79 Å². The molecular formula is C26H26N2O2. The lowest BCUT2D eigenvalue weighted by atomic mass is 9.76. The molecule has 0 bridgehead atoms. The van der Waals surface area contributed by atoms with E-state index in [0.717, 1.165) is 12.1 Å². The number of ether oxygens (including phenoxy) is 1. The summed E-state index contributed by atoms with van der Waals surface area (Å²) in [6.45, 7) is 1.03. The SMILES string of the molecule is COCCNC(=O)c1ccc2c(c1)C1C=CCC1C(c1ccc3ccccc3c1)N2. The van der Waals surface area contributed by atoms with Gasteiger partial charge < -0.3 is 15.4 Å². The van der Waals surface area contributed by atoms with Crippen molar-refractivity contribution in [3.05, 3.63) is 89.5 Å². The van der Waals surface area contributed by atoms with E-state index in [1.807, 2.05) is 6.07 Å². The highest BCUT2D eigenvalue weighted by Gasteiger charge is 2.38. The molecule has 4 nitrogen and oxygen atoms in total. The molecule has 3 unspecified atom stereocenters. The molecular weight excluding hydrogens is 372 g/mol. The molecule has 3 atom stereocenters. The van der Waals surface area contributed by atoms with Gasteiger partial charge in [0.15, 0.2) is 0 Å². The van der Waals surface area contributed by atoms with Crippen LogP contribution in [-0.2, 0) is 4.74 Å². The first-order valence-electron chi connectivity index (χ1n) is 10.6. The second kappa shape index (κ2) is 7.96. The third-order valence-electron chi connectivity index (χ3n) is 6.35. The molecule has 1 aliphatic heterocycles. The van der Waals surface area contributed by atoms with Gasteiger partial charge >= 0.3 is 0 Å². The topological polar surface area (TPSA) is 50.4 Å². The number of carbonyl (C=O) groups is 1. The van der Waals surface area contributed by atoms with E-state index in [0.29, 0.717) is 30.6 Å². The molecule has 4 heteroatoms. The Bertz CT molecular complexity index is 1120. The van der Waals surface area contributed by atoms with E-state index in [4.69, 9.17) is 4.74 Å². The lowest BCUT2D eigenvalue weighted by Gasteiger charge is -2.37. The van der Waals surface area contributed by atoms with E-state index >= 15 is 0 Å². The first-order valence-corrected chi connectivity index (χ1v) is 10.6. The Labute approximate surface area is 176 Å². The van der Waals surface area contributed by atoms with Gasteiger partial charge in [-0.25, -0.2) is 0 Å². The number of allylic oxidation sites excluding steroid dienone is 2. The number of carbonyl (C=O) groups excluding carboxylic acids is 1. The van der Waals surface area contributed by atoms with Crippen molar-refractivity contribution in [1.29, 1.82) is 0 Å². The third kappa shape index (κ3) is 3.37. The summed E-state index contributed by atoms with van der Waals surface area (Å²) in [5.41, 5.74) is 4.36. The minimum atomic E-state index is -0.0509. The number of nitrogens with one attached hydrogen (secondary N) is 2. The van der Waals surface area contributed by atoms with Crippen LogP contribution in [0.25, 0.3) is 10.8 Å². The number of hydrogen-bond acceptors (Lipinski definition) is 3. The average Bonchev–Trinajstić information content (AvgIpc) is 3.28. The molecule has 0 spiro atoms. The minimum Gasteiger partial charge on any atom is -0.383 e. The first kappa shape index (κ1) is 18.9. The van der Waals surface area contributed by atoms with Crippen LogP contribution in [0.1, 0.15) is 39.9 Å². The van der Waals surface area contributed by atoms with Crippen molar-refractivity contribution in [2.75, 3.05) is 25.6 Å². The normalized spacial score (nSPS) is 21.7. The molecule has 0 fully saturated rings. The Balaban J connectivity index is 1.46. The molecule has 30 heavy (non-hydrogen) atoms. The minimum absolute atomic E-state index is 0.0509. The molecule has 3 aromatic rings. The summed E-state index contributed by atoms with van der Waals surface area (Å²) in [4.78, 5) is 12.5. The van der Waals surface area contributed by atoms with Gasteiger partial charge in [0.05, 0.1) is 12.6 Å². The predicted molar refractivity (Wildman–Crippen MR) is 121 cm³/mol. The molecule has 0 saturated heterocycles. The van der Waals surface area contributed by atoms with Crippen LogP contribution in [0, 0.1) is 5.92 Å². The summed E-state index contributed by atoms with van der Waals surface area (Å²) < 4.78 is 5.02. The van der Waals surface area contributed by atoms with Crippen LogP contribution in [0.3, 0.4) is 0 Å². The van der Waals surface area contributed by atoms with Crippen LogP contribution in [0.15, 0.2) is 72.8 Å². The summed E-state index contributed by atoms with van der Waals surface area (Å²) in [6.07, 6.45) is 5.63. The van der Waals surface area contributed by atoms with Gasteiger partial charge in [-0.1, -0.05) is 48.6 Å². The van der Waals surface area contributed by atoms with Crippen LogP contribution in [0.2, 0.25) is 0 Å². The zero-order valence-corrected chi connectivity index (χ0v) is 17.1. The molecule has 152 valence electrons. The van der Waals surface area contributed by atoms with E-state index in [1.54, 1.807) is 7.11 Å². The molecule has 1 aliphatic carbocycles. The highest BCUT2D eigenvalue weighted by atomic mass is 16.5. The summed E-state index contributed by atoms with van der Waals surface area (Å²) in [6, 6.07) is 21.5. The fraction of sp³-hybridized carbons (Fsp3) is 0.269. The Morgan fingerprint density at radius 2 is 1.97 bits per heavy atom. The summed E-state index contributed by atoms with van der Waals surface area (Å²) >= 11 is 0. The number of hydrogen-bond donors (Lipinski definition) is 2. The van der Waals surface area contributed by atoms with E-state index in [2.05, 4.69) is 77.4 Å². The van der Waals surface area contributed by atoms with Crippen molar-refractivity contribution in [2.45, 2.75) is 18.4 Å². The van der Waals surface area contributed by atoms with Gasteiger partial charge in [0.25, 0.3) is 5.91 Å². The van der Waals surface area contributed by atoms with Crippen LogP contribution < -0.4 is 10.6 Å². The number of methoxy groups -OCH3 is 1. The van der Waals surface area contributed by atoms with Crippen LogP contribution in [0.5, 0.6) is 0 Å². The summed E-state index contributed by atoms with van der Waals surface area (Å²) in [5.74, 6) is 0.722. The number of amides is 1. The van der Waals surface area contributed by atoms with Crippen molar-refractivity contribution >= 4 is 22.4 Å². The first-order chi connectivity index (χ1) is 14.7. The largest absolute Gasteiger partial charge is 0.383 e. The zero-order chi connectivity index (χ0) is 20.5. The van der Waals surface area contributed by atoms with Crippen molar-refractivity contribution in [1.82, 2.24) is 5.32 Å². The van der Waals surface area contributed by atoms with E-state index in [1.165, 1.54) is 21.9 Å². The van der Waals surface area contributed by atoms with Gasteiger partial charge in [0, 0.05) is 30.8 Å². The third-order valence-corrected chi connectivity index (χ3v) is 6.35. The monoisotopic (exact) mass is 398 g/mol. The standard InChI is InChI=1S/C26H26N2O2/c1-30-14-13-27-26(29)20-11-12-24-23(16-20)21-7-4-8-22(21)25(28-24)19-10-9-17-5-2-3-6-18(17)15-19/h2-7,9-12,15-16,21-22,25,28H,8,13-14H2,1H3,(H,27,29). The maximum Gasteiger partial charge on any atom is 0.251 e. The number of fused-ring (bicyclic) bond motifs is 4. The molecule has 3 aromatic carbocycles. The van der Waals surface area contributed by atoms with Gasteiger partial charge in [-0.2, -0.15) is 0 Å². The molecule has 1 heterocycles. The van der Waals surface area contributed by atoms with Crippen LogP contribution >= 0.6 is 0 Å². The van der Waals surface area contributed by atoms with Crippen LogP contribution in [0.4, 0.5) is 5.69 Å². The maximum atomic E-state index is 12.5. The van der Waals surface area contributed by atoms with Gasteiger partial charge in [-0.05, 0) is 58.5 Å². The highest BCUT2D eigenvalue weighted by Crippen LogP contribution is 2.50. The predicted octanol–water partition coefficient (Wildman–Crippen LogP) is 5.04. The Kier molecular flexibility index (Phi) is 5.01. The van der Waals surface area contributed by atoms with Crippen molar-refractivity contribution in [3.8, 4) is 0 Å². The van der Waals surface area contributed by atoms with Gasteiger partial charge in [-0.15, -0.1) is 0 Å². The van der Waals surface area contributed by atoms with Crippen LogP contribution in [-0.4, -0.2) is 26.2 Å². The summed E-state index contributed by atoms with van der Waals surface area (Å²) in [5, 5.41) is 9.23. The van der Waals surface area contributed by atoms with Crippen molar-refractivity contribution in [3.63, 3.8) is 0 Å². The van der Waals surface area contributed by atoms with E-state index < -0.39 is 0 Å². The fourth-order valence-corrected chi connectivity index (χ4v) is 4.84. The smallest absolute Gasteiger partial charge is 0.251 e. The Morgan fingerprint density at radius 3 is 2.83 bits per heavy atom. The quantitative estimate of drug-likeness (QED) is 0.467. The second-order valence-corrected chi connectivity index (χ2v) is 8.13. The average molecular weight is 399 g/mol. The summed E-state index contributed by atoms with van der Waals surface area (Å²) in [7, 11) is 1.63.